The number of fused-ring (bicyclic) bond motifs is 1. The lowest BCUT2D eigenvalue weighted by Crippen LogP contribution is -2.27. The van der Waals surface area contributed by atoms with Gasteiger partial charge >= 0.3 is 6.03 Å². The van der Waals surface area contributed by atoms with E-state index in [1.807, 2.05) is 37.4 Å². The van der Waals surface area contributed by atoms with Crippen LogP contribution in [-0.4, -0.2) is 22.9 Å². The number of carbonyl (C=O) groups excluding carboxylic acids is 1. The van der Waals surface area contributed by atoms with Gasteiger partial charge in [0.15, 0.2) is 0 Å². The average molecular weight is 328 g/mol. The van der Waals surface area contributed by atoms with Crippen LogP contribution >= 0.6 is 12.8 Å². The molecule has 0 bridgehead atoms. The normalized spacial score (nSPS) is 10.6. The molecule has 1 heterocycles. The molecule has 0 saturated heterocycles. The zero-order valence-corrected chi connectivity index (χ0v) is 13.6. The molecule has 0 atom stereocenters. The minimum absolute atomic E-state index is 0.380. The molecule has 0 unspecified atom stereocenters. The molecule has 2 aromatic carbocycles. The molecule has 3 aromatic rings. The first-order valence-electron chi connectivity index (χ1n) is 6.95. The average Bonchev–Trinajstić information content (AvgIpc) is 2.96. The first-order chi connectivity index (χ1) is 11.1. The molecular formula is C16H16N4O2S. The fourth-order valence-corrected chi connectivity index (χ4v) is 2.58. The maximum absolute atomic E-state index is 12.5. The third kappa shape index (κ3) is 2.83. The number of methoxy groups -OCH3 is 1. The maximum Gasteiger partial charge on any atom is 0.336 e. The number of amides is 2. The molecule has 1 aromatic heterocycles. The predicted molar refractivity (Wildman–Crippen MR) is 94.2 cm³/mol. The van der Waals surface area contributed by atoms with E-state index in [4.69, 9.17) is 4.74 Å². The molecule has 6 nitrogen and oxygen atoms in total. The third-order valence-electron chi connectivity index (χ3n) is 3.54. The molecule has 0 fully saturated rings. The van der Waals surface area contributed by atoms with Crippen molar-refractivity contribution in [2.45, 2.75) is 0 Å². The van der Waals surface area contributed by atoms with Crippen LogP contribution in [0.1, 0.15) is 0 Å². The summed E-state index contributed by atoms with van der Waals surface area (Å²) in [5, 5.41) is 7.92. The van der Waals surface area contributed by atoms with Gasteiger partial charge in [0, 0.05) is 12.4 Å². The van der Waals surface area contributed by atoms with Gasteiger partial charge in [-0.3, -0.25) is 4.68 Å². The van der Waals surface area contributed by atoms with Gasteiger partial charge in [-0.15, -0.1) is 0 Å². The molecule has 0 aliphatic rings. The van der Waals surface area contributed by atoms with Gasteiger partial charge in [0.05, 0.1) is 30.2 Å². The monoisotopic (exact) mass is 328 g/mol. The van der Waals surface area contributed by atoms with Crippen molar-refractivity contribution in [3.05, 3.63) is 48.7 Å². The fourth-order valence-electron chi connectivity index (χ4n) is 2.37. The van der Waals surface area contributed by atoms with Crippen LogP contribution in [0.15, 0.2) is 48.7 Å². The summed E-state index contributed by atoms with van der Waals surface area (Å²) < 4.78 is 8.23. The number of urea groups is 1. The second-order valence-electron chi connectivity index (χ2n) is 4.92. The number of nitrogens with zero attached hydrogens (tertiary/aromatic N) is 3. The van der Waals surface area contributed by atoms with E-state index in [2.05, 4.69) is 23.2 Å². The highest BCUT2D eigenvalue weighted by Crippen LogP contribution is 2.30. The van der Waals surface area contributed by atoms with Gasteiger partial charge in [-0.2, -0.15) is 5.10 Å². The molecule has 0 radical (unpaired) electrons. The molecule has 0 aliphatic heterocycles. The molecule has 0 spiro atoms. The molecule has 0 aliphatic carbocycles. The first-order valence-corrected chi connectivity index (χ1v) is 7.35. The van der Waals surface area contributed by atoms with Crippen LogP contribution in [0.3, 0.4) is 0 Å². The smallest absolute Gasteiger partial charge is 0.336 e. The highest BCUT2D eigenvalue weighted by atomic mass is 32.1. The molecular weight excluding hydrogens is 312 g/mol. The summed E-state index contributed by atoms with van der Waals surface area (Å²) in [7, 11) is 3.41. The number of rotatable bonds is 3. The number of ether oxygens (including phenoxy) is 1. The number of aromatic nitrogens is 2. The van der Waals surface area contributed by atoms with Crippen molar-refractivity contribution in [3.8, 4) is 5.75 Å². The van der Waals surface area contributed by atoms with E-state index >= 15 is 0 Å². The van der Waals surface area contributed by atoms with Gasteiger partial charge < -0.3 is 10.1 Å². The van der Waals surface area contributed by atoms with E-state index in [-0.39, 0.29) is 6.03 Å². The van der Waals surface area contributed by atoms with Gasteiger partial charge in [0.25, 0.3) is 0 Å². The Hall–Kier alpha value is -2.67. The van der Waals surface area contributed by atoms with E-state index < -0.39 is 0 Å². The molecule has 2 amide bonds. The Bertz CT molecular complexity index is 862. The molecule has 3 rings (SSSR count). The Balaban J connectivity index is 1.88. The van der Waals surface area contributed by atoms with Crippen LogP contribution in [-0.2, 0) is 7.05 Å². The van der Waals surface area contributed by atoms with Crippen molar-refractivity contribution in [1.29, 1.82) is 0 Å². The summed E-state index contributed by atoms with van der Waals surface area (Å²) in [6.07, 6.45) is 1.72. The van der Waals surface area contributed by atoms with Crippen LogP contribution in [0.25, 0.3) is 10.9 Å². The standard InChI is InChI=1S/C16H16N4O2S/c1-19-13-8-5-6-12(11(13)10-17-19)18-16(21)20(23)14-7-3-4-9-15(14)22-2/h3-10,23H,1-2H3,(H,18,21). The lowest BCUT2D eigenvalue weighted by molar-refractivity contribution is 0.260. The molecule has 0 saturated carbocycles. The van der Waals surface area contributed by atoms with Crippen molar-refractivity contribution in [1.82, 2.24) is 9.78 Å². The highest BCUT2D eigenvalue weighted by Gasteiger charge is 2.17. The number of aryl methyl sites for hydroxylation is 1. The summed E-state index contributed by atoms with van der Waals surface area (Å²) in [6, 6.07) is 12.4. The second kappa shape index (κ2) is 6.21. The minimum atomic E-state index is -0.380. The minimum Gasteiger partial charge on any atom is -0.495 e. The van der Waals surface area contributed by atoms with Gasteiger partial charge in [-0.05, 0) is 24.3 Å². The first kappa shape index (κ1) is 15.2. The van der Waals surface area contributed by atoms with E-state index in [1.54, 1.807) is 30.1 Å². The zero-order valence-electron chi connectivity index (χ0n) is 12.7. The Morgan fingerprint density at radius 1 is 1.26 bits per heavy atom. The number of thiol groups is 1. The van der Waals surface area contributed by atoms with Gasteiger partial charge in [-0.25, -0.2) is 9.10 Å². The van der Waals surface area contributed by atoms with E-state index in [1.165, 1.54) is 4.31 Å². The molecule has 118 valence electrons. The highest BCUT2D eigenvalue weighted by molar-refractivity contribution is 7.82. The topological polar surface area (TPSA) is 59.4 Å². The summed E-state index contributed by atoms with van der Waals surface area (Å²) in [4.78, 5) is 12.5. The van der Waals surface area contributed by atoms with Gasteiger partial charge in [0.2, 0.25) is 0 Å². The number of benzene rings is 2. The Morgan fingerprint density at radius 2 is 2.04 bits per heavy atom. The lowest BCUT2D eigenvalue weighted by atomic mass is 10.2. The number of hydrogen-bond acceptors (Lipinski definition) is 4. The second-order valence-corrected chi connectivity index (χ2v) is 5.32. The number of para-hydroxylation sites is 2. The Labute approximate surface area is 139 Å². The quantitative estimate of drug-likeness (QED) is 0.724. The predicted octanol–water partition coefficient (Wildman–Crippen LogP) is 3.47. The Morgan fingerprint density at radius 3 is 2.83 bits per heavy atom. The van der Waals surface area contributed by atoms with Gasteiger partial charge in [-0.1, -0.05) is 31.0 Å². The maximum atomic E-state index is 12.5. The van der Waals surface area contributed by atoms with Crippen LogP contribution < -0.4 is 14.4 Å². The van der Waals surface area contributed by atoms with Crippen molar-refractivity contribution >= 4 is 41.1 Å². The van der Waals surface area contributed by atoms with Crippen LogP contribution in [0.2, 0.25) is 0 Å². The van der Waals surface area contributed by atoms with Gasteiger partial charge in [0.1, 0.15) is 5.75 Å². The zero-order chi connectivity index (χ0) is 16.4. The van der Waals surface area contributed by atoms with Crippen molar-refractivity contribution in [2.75, 3.05) is 16.7 Å². The van der Waals surface area contributed by atoms with Crippen LogP contribution in [0.5, 0.6) is 5.75 Å². The molecule has 7 heteroatoms. The summed E-state index contributed by atoms with van der Waals surface area (Å²) >= 11 is 4.29. The SMILES string of the molecule is COc1ccccc1N(S)C(=O)Nc1cccc2c1cnn2C. The van der Waals surface area contributed by atoms with Crippen LogP contribution in [0.4, 0.5) is 16.2 Å². The van der Waals surface area contributed by atoms with Crippen molar-refractivity contribution in [2.24, 2.45) is 7.05 Å². The van der Waals surface area contributed by atoms with Crippen molar-refractivity contribution < 1.29 is 9.53 Å². The van der Waals surface area contributed by atoms with E-state index in [0.29, 0.717) is 17.1 Å². The number of hydrogen-bond donors (Lipinski definition) is 2. The summed E-state index contributed by atoms with van der Waals surface area (Å²) in [5.74, 6) is 0.567. The fraction of sp³-hybridized carbons (Fsp3) is 0.125. The summed E-state index contributed by atoms with van der Waals surface area (Å²) in [6.45, 7) is 0. The number of anilines is 2. The Kier molecular flexibility index (Phi) is 4.12. The van der Waals surface area contributed by atoms with E-state index in [9.17, 15) is 4.79 Å². The lowest BCUT2D eigenvalue weighted by Gasteiger charge is -2.19. The number of carbonyl (C=O) groups is 1. The van der Waals surface area contributed by atoms with Crippen molar-refractivity contribution in [3.63, 3.8) is 0 Å². The molecule has 23 heavy (non-hydrogen) atoms. The largest absolute Gasteiger partial charge is 0.495 e. The van der Waals surface area contributed by atoms with Crippen LogP contribution in [0, 0.1) is 0 Å². The number of nitrogens with one attached hydrogen (secondary N) is 1. The van der Waals surface area contributed by atoms with E-state index in [0.717, 1.165) is 10.9 Å². The third-order valence-corrected chi connectivity index (χ3v) is 3.94. The summed E-state index contributed by atoms with van der Waals surface area (Å²) in [5.41, 5.74) is 2.18. The molecule has 1 N–H and O–H groups in total.